The van der Waals surface area contributed by atoms with Crippen molar-refractivity contribution in [1.29, 1.82) is 0 Å². The lowest BCUT2D eigenvalue weighted by atomic mass is 9.82. The summed E-state index contributed by atoms with van der Waals surface area (Å²) >= 11 is 0. The summed E-state index contributed by atoms with van der Waals surface area (Å²) in [7, 11) is 0. The Morgan fingerprint density at radius 2 is 0.929 bits per heavy atom. The van der Waals surface area contributed by atoms with E-state index in [2.05, 4.69) is 10.6 Å². The number of carbonyl (C=O) groups excluding carboxylic acids is 4. The van der Waals surface area contributed by atoms with E-state index in [0.29, 0.717) is 11.5 Å². The number of furan rings is 2. The standard InChI is InChI=1S/C42H40N2O12/c1-17(2)25-23-13-19(5)27(33(45)29(23)31(37(49)35(25)47)39(51)41(53)43-15-21-9-7-11-55-21)28-20(6)14-24-26(18(3)4)36(48)38(50)32(30(24)34(28)46)40(52)42(54)44-16-22-10-8-12-56-22/h7-14,17-18,45-50H,15-16H2,1-6H3,(H,43,53)(H,44,54). The summed E-state index contributed by atoms with van der Waals surface area (Å²) in [5.41, 5.74) is -0.742. The molecule has 0 saturated carbocycles. The predicted octanol–water partition coefficient (Wildman–Crippen LogP) is 6.94. The molecule has 0 bridgehead atoms. The minimum atomic E-state index is -1.30. The van der Waals surface area contributed by atoms with Gasteiger partial charge in [0.05, 0.1) is 36.7 Å². The molecule has 56 heavy (non-hydrogen) atoms. The highest BCUT2D eigenvalue weighted by Crippen LogP contribution is 2.55. The van der Waals surface area contributed by atoms with E-state index in [-0.39, 0.29) is 68.0 Å². The van der Waals surface area contributed by atoms with Gasteiger partial charge >= 0.3 is 0 Å². The zero-order valence-corrected chi connectivity index (χ0v) is 31.3. The van der Waals surface area contributed by atoms with Gasteiger partial charge in [0.25, 0.3) is 23.4 Å². The minimum Gasteiger partial charge on any atom is -0.507 e. The number of hydrogen-bond donors (Lipinski definition) is 8. The Hall–Kier alpha value is -6.96. The van der Waals surface area contributed by atoms with Crippen molar-refractivity contribution < 1.29 is 58.7 Å². The number of nitrogens with one attached hydrogen (secondary N) is 2. The van der Waals surface area contributed by atoms with E-state index in [1.807, 2.05) is 0 Å². The Balaban J connectivity index is 1.64. The van der Waals surface area contributed by atoms with Gasteiger partial charge in [-0.1, -0.05) is 39.8 Å². The number of Topliss-reactive ketones (excluding diaryl/α,β-unsaturated/α-hetero) is 2. The highest BCUT2D eigenvalue weighted by atomic mass is 16.3. The first-order valence-electron chi connectivity index (χ1n) is 17.7. The zero-order valence-electron chi connectivity index (χ0n) is 31.3. The maximum absolute atomic E-state index is 13.8. The van der Waals surface area contributed by atoms with Crippen LogP contribution >= 0.6 is 0 Å². The molecule has 2 heterocycles. The first kappa shape index (κ1) is 38.8. The summed E-state index contributed by atoms with van der Waals surface area (Å²) < 4.78 is 10.4. The van der Waals surface area contributed by atoms with Crippen molar-refractivity contribution in [3.8, 4) is 45.6 Å². The molecule has 0 aliphatic rings. The van der Waals surface area contributed by atoms with Crippen LogP contribution in [0.2, 0.25) is 0 Å². The summed E-state index contributed by atoms with van der Waals surface area (Å²) in [5.74, 6) is -9.88. The molecular weight excluding hydrogens is 724 g/mol. The smallest absolute Gasteiger partial charge is 0.292 e. The van der Waals surface area contributed by atoms with Crippen molar-refractivity contribution in [3.05, 3.63) is 93.8 Å². The summed E-state index contributed by atoms with van der Waals surface area (Å²) in [6, 6.07) is 9.33. The van der Waals surface area contributed by atoms with Crippen molar-refractivity contribution in [2.24, 2.45) is 0 Å². The maximum Gasteiger partial charge on any atom is 0.292 e. The Kier molecular flexibility index (Phi) is 10.2. The topological polar surface area (TPSA) is 240 Å². The van der Waals surface area contributed by atoms with E-state index in [4.69, 9.17) is 8.83 Å². The van der Waals surface area contributed by atoms with Gasteiger partial charge in [0.15, 0.2) is 23.0 Å². The summed E-state index contributed by atoms with van der Waals surface area (Å²) in [6.45, 7) is 9.62. The molecule has 0 aliphatic heterocycles. The van der Waals surface area contributed by atoms with Gasteiger partial charge < -0.3 is 50.1 Å². The molecule has 0 spiro atoms. The number of phenols is 6. The van der Waals surface area contributed by atoms with E-state index in [0.717, 1.165) is 0 Å². The van der Waals surface area contributed by atoms with Crippen LogP contribution in [0.3, 0.4) is 0 Å². The average molecular weight is 765 g/mol. The van der Waals surface area contributed by atoms with Crippen molar-refractivity contribution in [1.82, 2.24) is 10.6 Å². The molecule has 2 amide bonds. The molecule has 14 nitrogen and oxygen atoms in total. The number of rotatable bonds is 11. The quantitative estimate of drug-likeness (QED) is 0.0380. The second-order valence-corrected chi connectivity index (χ2v) is 14.1. The van der Waals surface area contributed by atoms with Crippen LogP contribution in [0, 0.1) is 13.8 Å². The number of carbonyl (C=O) groups is 4. The highest BCUT2D eigenvalue weighted by Gasteiger charge is 2.35. The molecule has 0 atom stereocenters. The third kappa shape index (κ3) is 6.38. The number of benzene rings is 4. The number of fused-ring (bicyclic) bond motifs is 2. The molecule has 0 saturated heterocycles. The highest BCUT2D eigenvalue weighted by molar-refractivity contribution is 6.47. The SMILES string of the molecule is Cc1cc2c(C(C)C)c(O)c(O)c(C(=O)C(=O)NCc3ccco3)c2c(O)c1-c1c(C)cc2c(C(C)C)c(O)c(O)c(C(=O)C(=O)NCc3ccco3)c2c1O. The lowest BCUT2D eigenvalue weighted by Gasteiger charge is -2.24. The molecule has 8 N–H and O–H groups in total. The normalized spacial score (nSPS) is 11.5. The maximum atomic E-state index is 13.8. The molecule has 4 aromatic carbocycles. The molecule has 0 unspecified atom stereocenters. The molecule has 0 radical (unpaired) electrons. The van der Waals surface area contributed by atoms with E-state index < -0.39 is 80.8 Å². The van der Waals surface area contributed by atoms with E-state index in [1.54, 1.807) is 65.8 Å². The average Bonchev–Trinajstić information content (AvgIpc) is 3.87. The Morgan fingerprint density at radius 3 is 1.23 bits per heavy atom. The van der Waals surface area contributed by atoms with E-state index >= 15 is 0 Å². The van der Waals surface area contributed by atoms with Crippen molar-refractivity contribution in [2.75, 3.05) is 0 Å². The monoisotopic (exact) mass is 764 g/mol. The van der Waals surface area contributed by atoms with Crippen LogP contribution in [-0.4, -0.2) is 54.0 Å². The van der Waals surface area contributed by atoms with Crippen molar-refractivity contribution >= 4 is 44.9 Å². The largest absolute Gasteiger partial charge is 0.507 e. The van der Waals surface area contributed by atoms with Gasteiger partial charge in [0, 0.05) is 33.0 Å². The fourth-order valence-electron chi connectivity index (χ4n) is 7.31. The number of phenolic OH excluding ortho intramolecular Hbond substituents is 6. The number of aromatic hydroxyl groups is 6. The van der Waals surface area contributed by atoms with Gasteiger partial charge in [-0.25, -0.2) is 0 Å². The third-order valence-electron chi connectivity index (χ3n) is 9.79. The lowest BCUT2D eigenvalue weighted by Crippen LogP contribution is -2.30. The summed E-state index contributed by atoms with van der Waals surface area (Å²) in [4.78, 5) is 54.2. The molecule has 2 aromatic heterocycles. The first-order chi connectivity index (χ1) is 26.5. The molecule has 290 valence electrons. The third-order valence-corrected chi connectivity index (χ3v) is 9.79. The van der Waals surface area contributed by atoms with Crippen LogP contribution in [0.15, 0.2) is 57.8 Å². The molecule has 0 aliphatic carbocycles. The van der Waals surface area contributed by atoms with Gasteiger partial charge in [-0.2, -0.15) is 0 Å². The molecule has 0 fully saturated rings. The Morgan fingerprint density at radius 1 is 0.571 bits per heavy atom. The van der Waals surface area contributed by atoms with Gasteiger partial charge in [-0.3, -0.25) is 19.2 Å². The fraction of sp³-hybridized carbons (Fsp3) is 0.238. The number of hydrogen-bond acceptors (Lipinski definition) is 12. The summed E-state index contributed by atoms with van der Waals surface area (Å²) in [6.07, 6.45) is 2.75. The molecule has 14 heteroatoms. The number of aryl methyl sites for hydroxylation is 2. The zero-order chi connectivity index (χ0) is 40.9. The Bertz CT molecular complexity index is 2400. The van der Waals surface area contributed by atoms with Crippen LogP contribution in [-0.2, 0) is 22.7 Å². The number of ketones is 2. The van der Waals surface area contributed by atoms with Gasteiger partial charge in [-0.05, 0) is 71.8 Å². The predicted molar refractivity (Wildman–Crippen MR) is 204 cm³/mol. The van der Waals surface area contributed by atoms with Crippen LogP contribution < -0.4 is 10.6 Å². The van der Waals surface area contributed by atoms with Crippen LogP contribution in [0.4, 0.5) is 0 Å². The van der Waals surface area contributed by atoms with Crippen LogP contribution in [0.25, 0.3) is 32.7 Å². The van der Waals surface area contributed by atoms with Gasteiger partial charge in [-0.15, -0.1) is 0 Å². The van der Waals surface area contributed by atoms with Gasteiger partial charge in [0.2, 0.25) is 0 Å². The second-order valence-electron chi connectivity index (χ2n) is 14.1. The fourth-order valence-corrected chi connectivity index (χ4v) is 7.31. The minimum absolute atomic E-state index is 0.0985. The van der Waals surface area contributed by atoms with E-state index in [9.17, 15) is 49.8 Å². The first-order valence-corrected chi connectivity index (χ1v) is 17.7. The molecular formula is C42H40N2O12. The molecule has 6 rings (SSSR count). The van der Waals surface area contributed by atoms with Gasteiger partial charge in [0.1, 0.15) is 23.0 Å². The van der Waals surface area contributed by atoms with Crippen LogP contribution in [0.5, 0.6) is 34.5 Å². The number of amides is 2. The Labute approximate surface area is 319 Å². The van der Waals surface area contributed by atoms with Crippen molar-refractivity contribution in [3.63, 3.8) is 0 Å². The summed E-state index contributed by atoms with van der Waals surface area (Å²) in [5, 5.41) is 74.0. The second kappa shape index (κ2) is 14.7. The van der Waals surface area contributed by atoms with Crippen LogP contribution in [0.1, 0.15) is 94.0 Å². The lowest BCUT2D eigenvalue weighted by molar-refractivity contribution is -0.117. The van der Waals surface area contributed by atoms with Crippen molar-refractivity contribution in [2.45, 2.75) is 66.5 Å². The van der Waals surface area contributed by atoms with E-state index in [1.165, 1.54) is 24.7 Å². The molecule has 6 aromatic rings.